The number of hydrogen-bond acceptors (Lipinski definition) is 4. The Morgan fingerprint density at radius 3 is 2.44 bits per heavy atom. The molecule has 2 unspecified atom stereocenters. The molecule has 134 valence electrons. The van der Waals surface area contributed by atoms with Crippen LogP contribution >= 0.6 is 11.8 Å². The maximum atomic E-state index is 12.9. The summed E-state index contributed by atoms with van der Waals surface area (Å²) in [5.74, 6) is -1.79. The van der Waals surface area contributed by atoms with Gasteiger partial charge in [-0.25, -0.2) is 4.79 Å². The molecule has 7 heteroatoms. The second-order valence-electron chi connectivity index (χ2n) is 6.59. The van der Waals surface area contributed by atoms with Gasteiger partial charge in [-0.05, 0) is 50.3 Å². The van der Waals surface area contributed by atoms with Gasteiger partial charge in [-0.1, -0.05) is 0 Å². The van der Waals surface area contributed by atoms with Crippen molar-refractivity contribution in [1.29, 1.82) is 0 Å². The third-order valence-electron chi connectivity index (χ3n) is 4.83. The van der Waals surface area contributed by atoms with Crippen molar-refractivity contribution < 1.29 is 19.5 Å². The van der Waals surface area contributed by atoms with Crippen LogP contribution in [0.3, 0.4) is 0 Å². The van der Waals surface area contributed by atoms with Crippen LogP contribution in [0.15, 0.2) is 29.2 Å². The Kier molecular flexibility index (Phi) is 5.03. The molecule has 1 aliphatic heterocycles. The summed E-state index contributed by atoms with van der Waals surface area (Å²) in [6.07, 6.45) is 3.80. The van der Waals surface area contributed by atoms with Gasteiger partial charge in [-0.3, -0.25) is 9.59 Å². The lowest BCUT2D eigenvalue weighted by atomic mass is 10.1. The molecule has 2 amide bonds. The van der Waals surface area contributed by atoms with E-state index >= 15 is 0 Å². The quantitative estimate of drug-likeness (QED) is 0.785. The highest BCUT2D eigenvalue weighted by molar-refractivity contribution is 7.98. The first-order chi connectivity index (χ1) is 11.9. The highest BCUT2D eigenvalue weighted by Crippen LogP contribution is 2.33. The summed E-state index contributed by atoms with van der Waals surface area (Å²) in [6.45, 7) is 1.85. The van der Waals surface area contributed by atoms with Gasteiger partial charge in [-0.2, -0.15) is 0 Å². The fraction of sp³-hybridized carbons (Fsp3) is 0.500. The standard InChI is InChI=1S/C18H22N2O4S/c1-11(18(23)24)20(14-3-4-14)17(22)12-9-16(21)19(10-12)13-5-7-15(25-2)8-6-13/h5-8,11-12,14H,3-4,9-10H2,1-2H3,(H,23,24). The maximum absolute atomic E-state index is 12.9. The molecule has 0 aromatic heterocycles. The molecule has 6 nitrogen and oxygen atoms in total. The Hall–Kier alpha value is -2.02. The number of hydrogen-bond donors (Lipinski definition) is 1. The monoisotopic (exact) mass is 362 g/mol. The number of carbonyl (C=O) groups excluding carboxylic acids is 2. The molecule has 1 aliphatic carbocycles. The number of thioether (sulfide) groups is 1. The lowest BCUT2D eigenvalue weighted by molar-refractivity contribution is -0.151. The van der Waals surface area contributed by atoms with E-state index < -0.39 is 17.9 Å². The summed E-state index contributed by atoms with van der Waals surface area (Å²) in [4.78, 5) is 40.8. The molecule has 1 saturated heterocycles. The van der Waals surface area contributed by atoms with Crippen molar-refractivity contribution in [2.45, 2.75) is 43.2 Å². The van der Waals surface area contributed by atoms with E-state index in [1.165, 1.54) is 11.8 Å². The highest BCUT2D eigenvalue weighted by atomic mass is 32.2. The van der Waals surface area contributed by atoms with Crippen molar-refractivity contribution in [2.24, 2.45) is 5.92 Å². The Morgan fingerprint density at radius 1 is 1.28 bits per heavy atom. The van der Waals surface area contributed by atoms with E-state index in [1.54, 1.807) is 16.7 Å². The number of amides is 2. The van der Waals surface area contributed by atoms with Crippen LogP contribution in [0.25, 0.3) is 0 Å². The van der Waals surface area contributed by atoms with E-state index in [4.69, 9.17) is 0 Å². The molecular formula is C18H22N2O4S. The van der Waals surface area contributed by atoms with Crippen LogP contribution in [0.2, 0.25) is 0 Å². The molecule has 25 heavy (non-hydrogen) atoms. The molecule has 1 aromatic carbocycles. The smallest absolute Gasteiger partial charge is 0.326 e. The molecular weight excluding hydrogens is 340 g/mol. The summed E-state index contributed by atoms with van der Waals surface area (Å²) in [6, 6.07) is 6.81. The van der Waals surface area contributed by atoms with Gasteiger partial charge in [0.25, 0.3) is 0 Å². The summed E-state index contributed by atoms with van der Waals surface area (Å²) in [5, 5.41) is 9.28. The third-order valence-corrected chi connectivity index (χ3v) is 5.57. The molecule has 1 saturated carbocycles. The van der Waals surface area contributed by atoms with E-state index in [0.29, 0.717) is 6.54 Å². The first-order valence-corrected chi connectivity index (χ1v) is 9.64. The van der Waals surface area contributed by atoms with Gasteiger partial charge in [0.05, 0.1) is 5.92 Å². The predicted molar refractivity (Wildman–Crippen MR) is 95.6 cm³/mol. The van der Waals surface area contributed by atoms with E-state index in [9.17, 15) is 19.5 Å². The summed E-state index contributed by atoms with van der Waals surface area (Å²) >= 11 is 1.63. The van der Waals surface area contributed by atoms with Crippen LogP contribution in [-0.4, -0.2) is 52.7 Å². The van der Waals surface area contributed by atoms with E-state index in [2.05, 4.69) is 0 Å². The molecule has 2 aliphatic rings. The van der Waals surface area contributed by atoms with Crippen molar-refractivity contribution in [2.75, 3.05) is 17.7 Å². The van der Waals surface area contributed by atoms with Crippen LogP contribution in [0.4, 0.5) is 5.69 Å². The largest absolute Gasteiger partial charge is 0.480 e. The van der Waals surface area contributed by atoms with Crippen LogP contribution in [0.5, 0.6) is 0 Å². The molecule has 1 heterocycles. The van der Waals surface area contributed by atoms with Crippen molar-refractivity contribution in [1.82, 2.24) is 4.90 Å². The van der Waals surface area contributed by atoms with Gasteiger partial charge in [0.15, 0.2) is 0 Å². The van der Waals surface area contributed by atoms with E-state index in [-0.39, 0.29) is 24.3 Å². The molecule has 0 bridgehead atoms. The number of benzene rings is 1. The number of anilines is 1. The van der Waals surface area contributed by atoms with Gasteiger partial charge < -0.3 is 14.9 Å². The topological polar surface area (TPSA) is 77.9 Å². The second kappa shape index (κ2) is 7.07. The Balaban J connectivity index is 1.74. The van der Waals surface area contributed by atoms with Crippen LogP contribution in [-0.2, 0) is 14.4 Å². The first kappa shape index (κ1) is 17.8. The summed E-state index contributed by atoms with van der Waals surface area (Å²) < 4.78 is 0. The predicted octanol–water partition coefficient (Wildman–Crippen LogP) is 2.23. The van der Waals surface area contributed by atoms with Gasteiger partial charge in [-0.15, -0.1) is 11.8 Å². The van der Waals surface area contributed by atoms with Crippen LogP contribution in [0, 0.1) is 5.92 Å². The van der Waals surface area contributed by atoms with Crippen molar-refractivity contribution in [3.63, 3.8) is 0 Å². The molecule has 2 atom stereocenters. The van der Waals surface area contributed by atoms with E-state index in [0.717, 1.165) is 23.4 Å². The molecule has 1 N–H and O–H groups in total. The van der Waals surface area contributed by atoms with Gasteiger partial charge >= 0.3 is 5.97 Å². The average Bonchev–Trinajstić information content (AvgIpc) is 3.36. The van der Waals surface area contributed by atoms with Crippen molar-refractivity contribution in [3.8, 4) is 0 Å². The number of nitrogens with zero attached hydrogens (tertiary/aromatic N) is 2. The summed E-state index contributed by atoms with van der Waals surface area (Å²) in [7, 11) is 0. The Bertz CT molecular complexity index is 687. The van der Waals surface area contributed by atoms with Crippen molar-refractivity contribution >= 4 is 35.2 Å². The van der Waals surface area contributed by atoms with Gasteiger partial charge in [0.2, 0.25) is 11.8 Å². The van der Waals surface area contributed by atoms with Crippen LogP contribution < -0.4 is 4.90 Å². The number of carboxylic acid groups (broad SMARTS) is 1. The molecule has 0 spiro atoms. The zero-order chi connectivity index (χ0) is 18.1. The molecule has 1 aromatic rings. The first-order valence-electron chi connectivity index (χ1n) is 8.41. The second-order valence-corrected chi connectivity index (χ2v) is 7.47. The fourth-order valence-electron chi connectivity index (χ4n) is 3.25. The minimum absolute atomic E-state index is 0.00335. The fourth-order valence-corrected chi connectivity index (χ4v) is 3.66. The van der Waals surface area contributed by atoms with Crippen molar-refractivity contribution in [3.05, 3.63) is 24.3 Å². The lowest BCUT2D eigenvalue weighted by Gasteiger charge is -2.29. The lowest BCUT2D eigenvalue weighted by Crippen LogP contribution is -2.47. The molecule has 2 fully saturated rings. The minimum Gasteiger partial charge on any atom is -0.480 e. The van der Waals surface area contributed by atoms with Crippen LogP contribution in [0.1, 0.15) is 26.2 Å². The summed E-state index contributed by atoms with van der Waals surface area (Å²) in [5.41, 5.74) is 0.780. The number of carbonyl (C=O) groups is 3. The molecule has 0 radical (unpaired) electrons. The highest BCUT2D eigenvalue weighted by Gasteiger charge is 2.44. The zero-order valence-electron chi connectivity index (χ0n) is 14.3. The average molecular weight is 362 g/mol. The Labute approximate surface area is 151 Å². The third kappa shape index (κ3) is 3.66. The maximum Gasteiger partial charge on any atom is 0.326 e. The molecule has 3 rings (SSSR count). The SMILES string of the molecule is CSc1ccc(N2CC(C(=O)N(C3CC3)C(C)C(=O)O)CC2=O)cc1. The number of rotatable bonds is 6. The number of carboxylic acids is 1. The zero-order valence-corrected chi connectivity index (χ0v) is 15.2. The minimum atomic E-state index is -1.01. The van der Waals surface area contributed by atoms with Gasteiger partial charge in [0.1, 0.15) is 6.04 Å². The van der Waals surface area contributed by atoms with E-state index in [1.807, 2.05) is 30.5 Å². The van der Waals surface area contributed by atoms with Gasteiger partial charge in [0, 0.05) is 29.6 Å². The Morgan fingerprint density at radius 2 is 1.92 bits per heavy atom. The number of aliphatic carboxylic acids is 1. The normalized spacial score (nSPS) is 21.3.